The molecule has 4 aromatic rings. The van der Waals surface area contributed by atoms with Gasteiger partial charge in [0, 0.05) is 30.0 Å². The van der Waals surface area contributed by atoms with Gasteiger partial charge in [0.05, 0.1) is 18.5 Å². The summed E-state index contributed by atoms with van der Waals surface area (Å²) in [5.74, 6) is 2.23. The Hall–Kier alpha value is -4.51. The van der Waals surface area contributed by atoms with Gasteiger partial charge in [0.1, 0.15) is 23.0 Å². The van der Waals surface area contributed by atoms with Crippen LogP contribution in [0.5, 0.6) is 0 Å². The molecule has 2 atom stereocenters. The monoisotopic (exact) mass is 495 g/mol. The van der Waals surface area contributed by atoms with Gasteiger partial charge >= 0.3 is 5.97 Å². The number of nitrogens with zero attached hydrogens (tertiary/aromatic N) is 6. The minimum absolute atomic E-state index is 0.137. The van der Waals surface area contributed by atoms with Gasteiger partial charge in [-0.1, -0.05) is 6.07 Å². The molecule has 2 fully saturated rings. The molecule has 11 nitrogen and oxygen atoms in total. The van der Waals surface area contributed by atoms with Gasteiger partial charge < -0.3 is 20.7 Å². The Morgan fingerprint density at radius 2 is 1.89 bits per heavy atom. The number of esters is 1. The standard InChI is InChI=1S/C26H25N9O2/c1-16-3-2-4-19(31-16)23-28-9-7-21(34-23)33-22-8-10-29-25(35-22)32-18-5-6-20(30-13-18)24(36)37-15-26-11-17(26)12-27-14-26/h2-10,13,17,27H,11-12,14-15H2,1H3,(H2,28,29,32,33,34,35). The van der Waals surface area contributed by atoms with E-state index in [1.165, 1.54) is 0 Å². The Morgan fingerprint density at radius 1 is 1.03 bits per heavy atom. The second-order valence-corrected chi connectivity index (χ2v) is 9.35. The molecule has 0 aromatic carbocycles. The van der Waals surface area contributed by atoms with E-state index in [1.807, 2.05) is 25.1 Å². The summed E-state index contributed by atoms with van der Waals surface area (Å²) in [6.07, 6.45) is 5.98. The van der Waals surface area contributed by atoms with Crippen molar-refractivity contribution in [2.45, 2.75) is 13.3 Å². The van der Waals surface area contributed by atoms with Crippen LogP contribution in [0.25, 0.3) is 11.5 Å². The highest BCUT2D eigenvalue weighted by Gasteiger charge is 2.57. The number of aryl methyl sites for hydroxylation is 1. The van der Waals surface area contributed by atoms with Crippen LogP contribution < -0.4 is 16.0 Å². The minimum atomic E-state index is -0.411. The number of anilines is 4. The first-order valence-electron chi connectivity index (χ1n) is 12.0. The van der Waals surface area contributed by atoms with E-state index in [0.717, 1.165) is 25.2 Å². The average Bonchev–Trinajstić information content (AvgIpc) is 3.46. The van der Waals surface area contributed by atoms with Crippen LogP contribution >= 0.6 is 0 Å². The van der Waals surface area contributed by atoms with E-state index in [9.17, 15) is 4.79 Å². The molecule has 1 saturated heterocycles. The molecule has 1 saturated carbocycles. The van der Waals surface area contributed by atoms with E-state index < -0.39 is 5.97 Å². The molecule has 0 bridgehead atoms. The Morgan fingerprint density at radius 3 is 2.65 bits per heavy atom. The quantitative estimate of drug-likeness (QED) is 0.310. The summed E-state index contributed by atoms with van der Waals surface area (Å²) in [7, 11) is 0. The molecule has 4 aromatic heterocycles. The maximum atomic E-state index is 12.4. The average molecular weight is 496 g/mol. The van der Waals surface area contributed by atoms with E-state index >= 15 is 0 Å². The summed E-state index contributed by atoms with van der Waals surface area (Å²) >= 11 is 0. The van der Waals surface area contributed by atoms with Crippen LogP contribution in [0, 0.1) is 18.3 Å². The molecule has 186 valence electrons. The first-order valence-corrected chi connectivity index (χ1v) is 12.0. The lowest BCUT2D eigenvalue weighted by molar-refractivity contribution is 0.0413. The number of carbonyl (C=O) groups excluding carboxylic acids is 1. The summed E-state index contributed by atoms with van der Waals surface area (Å²) in [5.41, 5.74) is 2.63. The van der Waals surface area contributed by atoms with Crippen molar-refractivity contribution in [3.63, 3.8) is 0 Å². The van der Waals surface area contributed by atoms with Crippen molar-refractivity contribution in [3.8, 4) is 11.5 Å². The predicted molar refractivity (Wildman–Crippen MR) is 137 cm³/mol. The van der Waals surface area contributed by atoms with Crippen LogP contribution in [0.3, 0.4) is 0 Å². The number of fused-ring (bicyclic) bond motifs is 1. The van der Waals surface area contributed by atoms with Crippen LogP contribution in [-0.2, 0) is 4.74 Å². The number of hydrogen-bond donors (Lipinski definition) is 3. The molecule has 2 aliphatic rings. The Bertz CT molecular complexity index is 1450. The summed E-state index contributed by atoms with van der Waals surface area (Å²) in [4.78, 5) is 38.7. The zero-order valence-corrected chi connectivity index (χ0v) is 20.2. The topological polar surface area (TPSA) is 140 Å². The summed E-state index contributed by atoms with van der Waals surface area (Å²) in [6.45, 7) is 4.29. The van der Waals surface area contributed by atoms with E-state index in [0.29, 0.717) is 47.3 Å². The third-order valence-corrected chi connectivity index (χ3v) is 6.63. The van der Waals surface area contributed by atoms with Gasteiger partial charge in [0.2, 0.25) is 5.95 Å². The second kappa shape index (κ2) is 9.51. The van der Waals surface area contributed by atoms with Gasteiger partial charge in [0.15, 0.2) is 5.82 Å². The fourth-order valence-corrected chi connectivity index (χ4v) is 4.50. The minimum Gasteiger partial charge on any atom is -0.460 e. The molecule has 1 aliphatic carbocycles. The van der Waals surface area contributed by atoms with Crippen LogP contribution in [0.15, 0.2) is 61.1 Å². The smallest absolute Gasteiger partial charge is 0.356 e. The van der Waals surface area contributed by atoms with Crippen molar-refractivity contribution >= 4 is 29.2 Å². The highest BCUT2D eigenvalue weighted by molar-refractivity contribution is 5.87. The maximum Gasteiger partial charge on any atom is 0.356 e. The highest BCUT2D eigenvalue weighted by atomic mass is 16.5. The second-order valence-electron chi connectivity index (χ2n) is 9.35. The van der Waals surface area contributed by atoms with Crippen LogP contribution in [0.4, 0.5) is 23.3 Å². The van der Waals surface area contributed by atoms with Gasteiger partial charge in [-0.3, -0.25) is 0 Å². The predicted octanol–water partition coefficient (Wildman–Crippen LogP) is 3.29. The Labute approximate surface area is 213 Å². The fourth-order valence-electron chi connectivity index (χ4n) is 4.50. The van der Waals surface area contributed by atoms with E-state index in [2.05, 4.69) is 45.9 Å². The molecule has 3 N–H and O–H groups in total. The molecular formula is C26H25N9O2. The zero-order chi connectivity index (χ0) is 25.2. The maximum absolute atomic E-state index is 12.4. The molecule has 0 amide bonds. The number of pyridine rings is 2. The van der Waals surface area contributed by atoms with E-state index in [1.54, 1.807) is 42.9 Å². The van der Waals surface area contributed by atoms with Crippen molar-refractivity contribution in [1.29, 1.82) is 0 Å². The van der Waals surface area contributed by atoms with E-state index in [4.69, 9.17) is 4.74 Å². The molecule has 6 rings (SSSR count). The van der Waals surface area contributed by atoms with Gasteiger partial charge in [-0.2, -0.15) is 4.98 Å². The van der Waals surface area contributed by atoms with Crippen molar-refractivity contribution < 1.29 is 9.53 Å². The Balaban J connectivity index is 1.08. The number of hydrogen-bond acceptors (Lipinski definition) is 11. The van der Waals surface area contributed by atoms with Gasteiger partial charge in [0.25, 0.3) is 0 Å². The number of carbonyl (C=O) groups is 1. The van der Waals surface area contributed by atoms with Gasteiger partial charge in [-0.05, 0) is 62.2 Å². The summed E-state index contributed by atoms with van der Waals surface area (Å²) < 4.78 is 5.52. The molecule has 11 heteroatoms. The number of rotatable bonds is 8. The number of nitrogens with one attached hydrogen (secondary N) is 3. The Kier molecular flexibility index (Phi) is 5.89. The molecule has 5 heterocycles. The third-order valence-electron chi connectivity index (χ3n) is 6.63. The zero-order valence-electron chi connectivity index (χ0n) is 20.2. The lowest BCUT2D eigenvalue weighted by atomic mass is 10.1. The van der Waals surface area contributed by atoms with Crippen molar-refractivity contribution in [1.82, 2.24) is 35.2 Å². The van der Waals surface area contributed by atoms with Crippen LogP contribution in [-0.4, -0.2) is 55.6 Å². The first-order chi connectivity index (χ1) is 18.1. The van der Waals surface area contributed by atoms with Crippen molar-refractivity contribution in [3.05, 3.63) is 72.4 Å². The number of piperidine rings is 1. The van der Waals surface area contributed by atoms with Crippen molar-refractivity contribution in [2.75, 3.05) is 30.3 Å². The summed E-state index contributed by atoms with van der Waals surface area (Å²) in [5, 5.41) is 9.62. The first kappa shape index (κ1) is 22.9. The molecule has 2 unspecified atom stereocenters. The van der Waals surface area contributed by atoms with Crippen LogP contribution in [0.2, 0.25) is 0 Å². The highest BCUT2D eigenvalue weighted by Crippen LogP contribution is 2.54. The third kappa shape index (κ3) is 5.07. The lowest BCUT2D eigenvalue weighted by Gasteiger charge is -2.12. The number of aromatic nitrogens is 6. The fraction of sp³-hybridized carbons (Fsp3) is 0.269. The summed E-state index contributed by atoms with van der Waals surface area (Å²) in [6, 6.07) is 12.6. The molecule has 37 heavy (non-hydrogen) atoms. The van der Waals surface area contributed by atoms with Gasteiger partial charge in [-0.15, -0.1) is 0 Å². The molecule has 0 spiro atoms. The number of ether oxygens (including phenoxy) is 1. The molecule has 1 aliphatic heterocycles. The molecule has 0 radical (unpaired) electrons. The van der Waals surface area contributed by atoms with Gasteiger partial charge in [-0.25, -0.2) is 29.7 Å². The largest absolute Gasteiger partial charge is 0.460 e. The van der Waals surface area contributed by atoms with Crippen molar-refractivity contribution in [2.24, 2.45) is 11.3 Å². The SMILES string of the molecule is Cc1cccc(-c2nccc(Nc3ccnc(Nc4ccc(C(=O)OCC56CNCC5C6)nc4)n3)n2)n1. The van der Waals surface area contributed by atoms with Crippen LogP contribution in [0.1, 0.15) is 22.6 Å². The molecular weight excluding hydrogens is 470 g/mol. The lowest BCUT2D eigenvalue weighted by Crippen LogP contribution is -2.22. The van der Waals surface area contributed by atoms with E-state index in [-0.39, 0.29) is 11.1 Å². The normalized spacial score (nSPS) is 19.6.